The van der Waals surface area contributed by atoms with Crippen molar-refractivity contribution < 1.29 is 9.90 Å². The maximum atomic E-state index is 11.2. The van der Waals surface area contributed by atoms with E-state index in [0.29, 0.717) is 12.0 Å². The van der Waals surface area contributed by atoms with Crippen LogP contribution in [0.25, 0.3) is 16.7 Å². The van der Waals surface area contributed by atoms with Crippen molar-refractivity contribution in [2.45, 2.75) is 6.42 Å². The maximum absolute atomic E-state index is 11.2. The Bertz CT molecular complexity index is 791. The summed E-state index contributed by atoms with van der Waals surface area (Å²) < 4.78 is 1.95. The molecule has 5 nitrogen and oxygen atoms in total. The minimum atomic E-state index is -0.459. The molecule has 0 saturated carbocycles. The number of rotatable bonds is 4. The summed E-state index contributed by atoms with van der Waals surface area (Å²) in [5.41, 5.74) is 9.43. The van der Waals surface area contributed by atoms with Gasteiger partial charge in [-0.25, -0.2) is 4.98 Å². The van der Waals surface area contributed by atoms with Crippen molar-refractivity contribution >= 4 is 16.9 Å². The second kappa shape index (κ2) is 5.38. The second-order valence-corrected chi connectivity index (χ2v) is 4.82. The Morgan fingerprint density at radius 1 is 1.19 bits per heavy atom. The van der Waals surface area contributed by atoms with Crippen molar-refractivity contribution in [3.63, 3.8) is 0 Å². The van der Waals surface area contributed by atoms with Gasteiger partial charge in [-0.2, -0.15) is 0 Å². The van der Waals surface area contributed by atoms with Crippen molar-refractivity contribution in [1.29, 1.82) is 0 Å². The molecule has 0 atom stereocenters. The van der Waals surface area contributed by atoms with Crippen molar-refractivity contribution in [3.05, 3.63) is 59.9 Å². The second-order valence-electron chi connectivity index (χ2n) is 4.82. The van der Waals surface area contributed by atoms with Crippen LogP contribution >= 0.6 is 0 Å². The fourth-order valence-corrected chi connectivity index (χ4v) is 2.32. The number of benzene rings is 2. The largest absolute Gasteiger partial charge is 0.396 e. The van der Waals surface area contributed by atoms with E-state index >= 15 is 0 Å². The number of aromatic nitrogens is 2. The van der Waals surface area contributed by atoms with Gasteiger partial charge in [-0.05, 0) is 42.3 Å². The van der Waals surface area contributed by atoms with Gasteiger partial charge in [-0.1, -0.05) is 12.1 Å². The molecule has 0 saturated heterocycles. The predicted molar refractivity (Wildman–Crippen MR) is 80.4 cm³/mol. The van der Waals surface area contributed by atoms with Crippen LogP contribution in [-0.2, 0) is 6.42 Å². The lowest BCUT2D eigenvalue weighted by Gasteiger charge is -2.06. The van der Waals surface area contributed by atoms with Gasteiger partial charge >= 0.3 is 0 Å². The molecule has 21 heavy (non-hydrogen) atoms. The van der Waals surface area contributed by atoms with Crippen molar-refractivity contribution in [2.75, 3.05) is 6.61 Å². The van der Waals surface area contributed by atoms with Gasteiger partial charge in [0.15, 0.2) is 0 Å². The van der Waals surface area contributed by atoms with E-state index in [9.17, 15) is 4.79 Å². The molecule has 0 unspecified atom stereocenters. The Hall–Kier alpha value is -2.66. The Balaban J connectivity index is 2.02. The highest BCUT2D eigenvalue weighted by Crippen LogP contribution is 2.20. The van der Waals surface area contributed by atoms with E-state index in [4.69, 9.17) is 10.8 Å². The fourth-order valence-electron chi connectivity index (χ4n) is 2.32. The zero-order valence-electron chi connectivity index (χ0n) is 11.4. The Labute approximate surface area is 121 Å². The molecule has 0 spiro atoms. The van der Waals surface area contributed by atoms with Gasteiger partial charge < -0.3 is 10.8 Å². The number of amides is 1. The molecule has 106 valence electrons. The molecule has 1 aromatic heterocycles. The molecule has 0 aliphatic carbocycles. The highest BCUT2D eigenvalue weighted by Gasteiger charge is 2.07. The van der Waals surface area contributed by atoms with Gasteiger partial charge in [0.2, 0.25) is 5.91 Å². The molecule has 3 rings (SSSR count). The van der Waals surface area contributed by atoms with Crippen molar-refractivity contribution in [1.82, 2.24) is 9.55 Å². The van der Waals surface area contributed by atoms with E-state index in [0.717, 1.165) is 22.3 Å². The summed E-state index contributed by atoms with van der Waals surface area (Å²) in [6, 6.07) is 13.1. The molecule has 0 bridgehead atoms. The number of nitrogens with two attached hydrogens (primary N) is 1. The van der Waals surface area contributed by atoms with Gasteiger partial charge in [-0.15, -0.1) is 0 Å². The first-order valence-electron chi connectivity index (χ1n) is 6.66. The zero-order chi connectivity index (χ0) is 14.8. The van der Waals surface area contributed by atoms with E-state index in [-0.39, 0.29) is 6.61 Å². The number of nitrogens with zero attached hydrogens (tertiary/aromatic N) is 2. The van der Waals surface area contributed by atoms with Gasteiger partial charge in [0.1, 0.15) is 6.33 Å². The number of imidazole rings is 1. The highest BCUT2D eigenvalue weighted by atomic mass is 16.2. The topological polar surface area (TPSA) is 81.1 Å². The minimum Gasteiger partial charge on any atom is -0.396 e. The number of carbonyl (C=O) groups excluding carboxylic acids is 1. The molecule has 1 amide bonds. The molecule has 0 aliphatic heterocycles. The molecule has 0 fully saturated rings. The predicted octanol–water partition coefficient (Wildman–Crippen LogP) is 1.66. The molecule has 3 aromatic rings. The number of hydrogen-bond acceptors (Lipinski definition) is 3. The zero-order valence-corrected chi connectivity index (χ0v) is 11.4. The molecule has 2 aromatic carbocycles. The monoisotopic (exact) mass is 281 g/mol. The number of fused-ring (bicyclic) bond motifs is 1. The highest BCUT2D eigenvalue weighted by molar-refractivity contribution is 5.96. The van der Waals surface area contributed by atoms with Crippen LogP contribution < -0.4 is 5.73 Å². The molecule has 0 radical (unpaired) electrons. The molecular formula is C16H15N3O2. The van der Waals surface area contributed by atoms with E-state index in [1.165, 1.54) is 0 Å². The number of primary amides is 1. The van der Waals surface area contributed by atoms with Crippen LogP contribution in [0.5, 0.6) is 0 Å². The summed E-state index contributed by atoms with van der Waals surface area (Å²) in [5.74, 6) is -0.459. The average Bonchev–Trinajstić information content (AvgIpc) is 2.91. The molecule has 1 heterocycles. The van der Waals surface area contributed by atoms with Crippen LogP contribution in [0.15, 0.2) is 48.8 Å². The molecule has 5 heteroatoms. The summed E-state index contributed by atoms with van der Waals surface area (Å²) in [5, 5.41) is 8.93. The van der Waals surface area contributed by atoms with Crippen LogP contribution in [0.3, 0.4) is 0 Å². The first kappa shape index (κ1) is 13.3. The smallest absolute Gasteiger partial charge is 0.248 e. The summed E-state index contributed by atoms with van der Waals surface area (Å²) in [6.07, 6.45) is 2.36. The van der Waals surface area contributed by atoms with E-state index in [2.05, 4.69) is 4.98 Å². The van der Waals surface area contributed by atoms with Gasteiger partial charge in [0, 0.05) is 17.9 Å². The summed E-state index contributed by atoms with van der Waals surface area (Å²) in [7, 11) is 0. The molecule has 0 aliphatic rings. The van der Waals surface area contributed by atoms with Crippen LogP contribution in [0.2, 0.25) is 0 Å². The van der Waals surface area contributed by atoms with E-state index in [1.54, 1.807) is 18.5 Å². The molecular weight excluding hydrogens is 266 g/mol. The Kier molecular flexibility index (Phi) is 3.41. The van der Waals surface area contributed by atoms with Crippen molar-refractivity contribution in [2.24, 2.45) is 5.73 Å². The van der Waals surface area contributed by atoms with Gasteiger partial charge in [0.05, 0.1) is 11.0 Å². The number of carbonyl (C=O) groups is 1. The van der Waals surface area contributed by atoms with Crippen LogP contribution in [0, 0.1) is 0 Å². The lowest BCUT2D eigenvalue weighted by molar-refractivity contribution is 0.100. The Morgan fingerprint density at radius 2 is 1.95 bits per heavy atom. The summed E-state index contributed by atoms with van der Waals surface area (Å²) >= 11 is 0. The average molecular weight is 281 g/mol. The lowest BCUT2D eigenvalue weighted by atomic mass is 10.1. The first-order chi connectivity index (χ1) is 10.2. The third-order valence-electron chi connectivity index (χ3n) is 3.45. The number of hydrogen-bond donors (Lipinski definition) is 2. The first-order valence-corrected chi connectivity index (χ1v) is 6.66. The fraction of sp³-hybridized carbons (Fsp3) is 0.125. The Morgan fingerprint density at radius 3 is 2.62 bits per heavy atom. The van der Waals surface area contributed by atoms with Crippen LogP contribution in [0.4, 0.5) is 0 Å². The SMILES string of the molecule is NC(=O)c1ccc2c(c1)ncn2-c1ccc(CCO)cc1. The third kappa shape index (κ3) is 2.51. The van der Waals surface area contributed by atoms with Crippen molar-refractivity contribution in [3.8, 4) is 5.69 Å². The number of aliphatic hydroxyl groups excluding tert-OH is 1. The maximum Gasteiger partial charge on any atom is 0.248 e. The third-order valence-corrected chi connectivity index (χ3v) is 3.45. The number of aliphatic hydroxyl groups is 1. The summed E-state index contributed by atoms with van der Waals surface area (Å²) in [4.78, 5) is 15.5. The van der Waals surface area contributed by atoms with E-state index in [1.807, 2.05) is 34.9 Å². The van der Waals surface area contributed by atoms with Crippen LogP contribution in [0.1, 0.15) is 15.9 Å². The quantitative estimate of drug-likeness (QED) is 0.763. The van der Waals surface area contributed by atoms with Crippen LogP contribution in [-0.4, -0.2) is 27.2 Å². The summed E-state index contributed by atoms with van der Waals surface area (Å²) in [6.45, 7) is 0.142. The molecule has 3 N–H and O–H groups in total. The lowest BCUT2D eigenvalue weighted by Crippen LogP contribution is -2.10. The standard InChI is InChI=1S/C16H15N3O2/c17-16(21)12-3-6-15-14(9-12)18-10-19(15)13-4-1-11(2-5-13)7-8-20/h1-6,9-10,20H,7-8H2,(H2,17,21). The minimum absolute atomic E-state index is 0.142. The van der Waals surface area contributed by atoms with Gasteiger partial charge in [-0.3, -0.25) is 9.36 Å². The van der Waals surface area contributed by atoms with Gasteiger partial charge in [0.25, 0.3) is 0 Å². The normalized spacial score (nSPS) is 10.9. The van der Waals surface area contributed by atoms with E-state index < -0.39 is 5.91 Å².